The molecular weight excluding hydrogens is 356 g/mol. The highest BCUT2D eigenvalue weighted by atomic mass is 32.1. The zero-order valence-corrected chi connectivity index (χ0v) is 15.7. The molecular formula is C17H18N4O2S2. The standard InChI is InChI=1S/C17H18N4O2S2/c1-9-8-18-17(24-9)20-14(22)13-10(2)12-15(25-13)19-11-6-4-3-5-7-21(11)16(12)23/h8H,3-7H2,1-2H3,(H,18,20,22). The van der Waals surface area contributed by atoms with E-state index in [4.69, 9.17) is 4.98 Å². The fraction of sp³-hybridized carbons (Fsp3) is 0.412. The third-order valence-electron chi connectivity index (χ3n) is 4.46. The molecule has 130 valence electrons. The van der Waals surface area contributed by atoms with Gasteiger partial charge in [-0.15, -0.1) is 22.7 Å². The Bertz CT molecular complexity index is 1030. The van der Waals surface area contributed by atoms with E-state index in [0.29, 0.717) is 32.3 Å². The van der Waals surface area contributed by atoms with Crippen molar-refractivity contribution in [1.29, 1.82) is 0 Å². The minimum absolute atomic E-state index is 0.0141. The van der Waals surface area contributed by atoms with Gasteiger partial charge >= 0.3 is 0 Å². The molecule has 8 heteroatoms. The van der Waals surface area contributed by atoms with Gasteiger partial charge in [-0.05, 0) is 32.3 Å². The van der Waals surface area contributed by atoms with Crippen LogP contribution in [0.1, 0.15) is 45.2 Å². The van der Waals surface area contributed by atoms with Crippen molar-refractivity contribution in [3.05, 3.63) is 37.7 Å². The number of anilines is 1. The Balaban J connectivity index is 1.78. The third kappa shape index (κ3) is 2.89. The van der Waals surface area contributed by atoms with E-state index in [9.17, 15) is 9.59 Å². The maximum absolute atomic E-state index is 12.9. The summed E-state index contributed by atoms with van der Waals surface area (Å²) in [5.74, 6) is 0.619. The Morgan fingerprint density at radius 2 is 2.08 bits per heavy atom. The molecule has 0 spiro atoms. The van der Waals surface area contributed by atoms with Gasteiger partial charge in [-0.25, -0.2) is 9.97 Å². The third-order valence-corrected chi connectivity index (χ3v) is 6.47. The summed E-state index contributed by atoms with van der Waals surface area (Å²) >= 11 is 2.72. The molecule has 0 fully saturated rings. The number of thiazole rings is 1. The second-order valence-electron chi connectivity index (χ2n) is 6.26. The number of thiophene rings is 1. The summed E-state index contributed by atoms with van der Waals surface area (Å²) in [4.78, 5) is 36.7. The molecule has 0 aliphatic carbocycles. The van der Waals surface area contributed by atoms with Crippen LogP contribution >= 0.6 is 22.7 Å². The molecule has 6 nitrogen and oxygen atoms in total. The minimum atomic E-state index is -0.227. The van der Waals surface area contributed by atoms with Crippen LogP contribution in [0.3, 0.4) is 0 Å². The maximum atomic E-state index is 12.9. The first kappa shape index (κ1) is 16.4. The highest BCUT2D eigenvalue weighted by molar-refractivity contribution is 7.21. The molecule has 4 heterocycles. The number of rotatable bonds is 2. The first-order chi connectivity index (χ1) is 12.0. The second-order valence-corrected chi connectivity index (χ2v) is 8.50. The quantitative estimate of drug-likeness (QED) is 0.745. The van der Waals surface area contributed by atoms with Crippen LogP contribution in [0.4, 0.5) is 5.13 Å². The first-order valence-corrected chi connectivity index (χ1v) is 9.94. The topological polar surface area (TPSA) is 76.9 Å². The Morgan fingerprint density at radius 3 is 2.84 bits per heavy atom. The van der Waals surface area contributed by atoms with Gasteiger partial charge in [0, 0.05) is 24.0 Å². The largest absolute Gasteiger partial charge is 0.297 e. The molecule has 3 aromatic rings. The van der Waals surface area contributed by atoms with E-state index < -0.39 is 0 Å². The number of aryl methyl sites for hydroxylation is 3. The Hall–Kier alpha value is -2.06. The van der Waals surface area contributed by atoms with Crippen molar-refractivity contribution in [2.24, 2.45) is 0 Å². The molecule has 0 saturated carbocycles. The van der Waals surface area contributed by atoms with Gasteiger partial charge in [0.15, 0.2) is 5.13 Å². The lowest BCUT2D eigenvalue weighted by Gasteiger charge is -2.08. The predicted octanol–water partition coefficient (Wildman–Crippen LogP) is 3.51. The zero-order chi connectivity index (χ0) is 17.6. The summed E-state index contributed by atoms with van der Waals surface area (Å²) in [5.41, 5.74) is 0.697. The highest BCUT2D eigenvalue weighted by Crippen LogP contribution is 2.29. The molecule has 0 unspecified atom stereocenters. The molecule has 0 aromatic carbocycles. The number of carbonyl (C=O) groups excluding carboxylic acids is 1. The van der Waals surface area contributed by atoms with Crippen LogP contribution in [0, 0.1) is 13.8 Å². The molecule has 1 aliphatic heterocycles. The predicted molar refractivity (Wildman–Crippen MR) is 101 cm³/mol. The highest BCUT2D eigenvalue weighted by Gasteiger charge is 2.22. The molecule has 0 radical (unpaired) electrons. The average molecular weight is 374 g/mol. The molecule has 0 bridgehead atoms. The number of nitrogens with zero attached hydrogens (tertiary/aromatic N) is 3. The monoisotopic (exact) mass is 374 g/mol. The van der Waals surface area contributed by atoms with E-state index in [1.54, 1.807) is 10.8 Å². The van der Waals surface area contributed by atoms with Gasteiger partial charge < -0.3 is 0 Å². The molecule has 1 amide bonds. The van der Waals surface area contributed by atoms with E-state index in [-0.39, 0.29) is 11.5 Å². The Kier molecular flexibility index (Phi) is 4.16. The fourth-order valence-corrected chi connectivity index (χ4v) is 4.94. The molecule has 25 heavy (non-hydrogen) atoms. The van der Waals surface area contributed by atoms with Gasteiger partial charge in [0.2, 0.25) is 0 Å². The lowest BCUT2D eigenvalue weighted by atomic mass is 10.2. The van der Waals surface area contributed by atoms with Crippen LogP contribution in [0.25, 0.3) is 10.2 Å². The zero-order valence-electron chi connectivity index (χ0n) is 14.1. The lowest BCUT2D eigenvalue weighted by Crippen LogP contribution is -2.24. The van der Waals surface area contributed by atoms with Crippen LogP contribution in [-0.2, 0) is 13.0 Å². The van der Waals surface area contributed by atoms with Crippen LogP contribution in [0.15, 0.2) is 11.0 Å². The average Bonchev–Trinajstić information content (AvgIpc) is 3.02. The van der Waals surface area contributed by atoms with E-state index in [1.165, 1.54) is 22.7 Å². The lowest BCUT2D eigenvalue weighted by molar-refractivity contribution is 0.103. The molecule has 1 N–H and O–H groups in total. The van der Waals surface area contributed by atoms with Crippen molar-refractivity contribution >= 4 is 43.9 Å². The van der Waals surface area contributed by atoms with Crippen LogP contribution in [0.5, 0.6) is 0 Å². The van der Waals surface area contributed by atoms with Crippen molar-refractivity contribution in [1.82, 2.24) is 14.5 Å². The summed E-state index contributed by atoms with van der Waals surface area (Å²) in [6.07, 6.45) is 5.72. The smallest absolute Gasteiger partial charge is 0.267 e. The van der Waals surface area contributed by atoms with Crippen molar-refractivity contribution in [2.45, 2.75) is 46.1 Å². The van der Waals surface area contributed by atoms with Crippen molar-refractivity contribution < 1.29 is 4.79 Å². The summed E-state index contributed by atoms with van der Waals surface area (Å²) in [6, 6.07) is 0. The number of fused-ring (bicyclic) bond motifs is 2. The molecule has 3 aromatic heterocycles. The number of carbonyl (C=O) groups is 1. The van der Waals surface area contributed by atoms with Crippen molar-refractivity contribution in [2.75, 3.05) is 5.32 Å². The van der Waals surface area contributed by atoms with Crippen LogP contribution in [0.2, 0.25) is 0 Å². The summed E-state index contributed by atoms with van der Waals surface area (Å²) in [7, 11) is 0. The van der Waals surface area contributed by atoms with E-state index >= 15 is 0 Å². The SMILES string of the molecule is Cc1cnc(NC(=O)c2sc3nc4n(c(=O)c3c2C)CCCCC4)s1. The van der Waals surface area contributed by atoms with Gasteiger partial charge in [-0.2, -0.15) is 0 Å². The number of amides is 1. The minimum Gasteiger partial charge on any atom is -0.297 e. The van der Waals surface area contributed by atoms with Crippen LogP contribution in [-0.4, -0.2) is 20.4 Å². The Labute approximate surface area is 152 Å². The second kappa shape index (κ2) is 6.34. The first-order valence-electron chi connectivity index (χ1n) is 8.31. The van der Waals surface area contributed by atoms with Gasteiger partial charge in [0.25, 0.3) is 11.5 Å². The van der Waals surface area contributed by atoms with E-state index in [1.807, 2.05) is 13.8 Å². The van der Waals surface area contributed by atoms with Gasteiger partial charge in [0.1, 0.15) is 10.7 Å². The van der Waals surface area contributed by atoms with Gasteiger partial charge in [0.05, 0.1) is 10.3 Å². The maximum Gasteiger partial charge on any atom is 0.267 e. The summed E-state index contributed by atoms with van der Waals surface area (Å²) in [5, 5.41) is 3.97. The van der Waals surface area contributed by atoms with E-state index in [0.717, 1.165) is 36.4 Å². The van der Waals surface area contributed by atoms with E-state index in [2.05, 4.69) is 10.3 Å². The molecule has 4 rings (SSSR count). The molecule has 1 aliphatic rings. The number of hydrogen-bond acceptors (Lipinski definition) is 6. The van der Waals surface area contributed by atoms with Crippen molar-refractivity contribution in [3.8, 4) is 0 Å². The number of nitrogens with one attached hydrogen (secondary N) is 1. The number of aromatic nitrogens is 3. The van der Waals surface area contributed by atoms with Gasteiger partial charge in [-0.1, -0.05) is 6.42 Å². The molecule has 0 saturated heterocycles. The van der Waals surface area contributed by atoms with Crippen molar-refractivity contribution in [3.63, 3.8) is 0 Å². The molecule has 0 atom stereocenters. The normalized spacial score (nSPS) is 14.3. The van der Waals surface area contributed by atoms with Gasteiger partial charge in [-0.3, -0.25) is 19.5 Å². The summed E-state index contributed by atoms with van der Waals surface area (Å²) < 4.78 is 1.79. The van der Waals surface area contributed by atoms with Crippen LogP contribution < -0.4 is 10.9 Å². The summed E-state index contributed by atoms with van der Waals surface area (Å²) in [6.45, 7) is 4.48. The number of hydrogen-bond donors (Lipinski definition) is 1. The fourth-order valence-electron chi connectivity index (χ4n) is 3.19. The Morgan fingerprint density at radius 1 is 1.24 bits per heavy atom.